The van der Waals surface area contributed by atoms with Gasteiger partial charge in [-0.2, -0.15) is 5.26 Å². The maximum atomic E-state index is 13.0. The number of amides is 2. The summed E-state index contributed by atoms with van der Waals surface area (Å²) >= 11 is 0. The van der Waals surface area contributed by atoms with Crippen molar-refractivity contribution >= 4 is 17.9 Å². The molecule has 1 fully saturated rings. The number of likely N-dealkylation sites (tertiary alicyclic amines) is 1. The van der Waals surface area contributed by atoms with Crippen molar-refractivity contribution in [2.24, 2.45) is 5.92 Å². The van der Waals surface area contributed by atoms with Crippen LogP contribution in [-0.2, 0) is 32.0 Å². The third-order valence-corrected chi connectivity index (χ3v) is 5.79. The fourth-order valence-electron chi connectivity index (χ4n) is 3.98. The molecular weight excluding hydrogens is 462 g/mol. The van der Waals surface area contributed by atoms with Crippen LogP contribution >= 0.6 is 0 Å². The predicted molar refractivity (Wildman–Crippen MR) is 130 cm³/mol. The number of nitrogens with zero attached hydrogens (tertiary/aromatic N) is 4. The molecule has 2 atom stereocenters. The molecule has 1 aliphatic heterocycles. The van der Waals surface area contributed by atoms with Gasteiger partial charge >= 0.3 is 6.09 Å². The van der Waals surface area contributed by atoms with Crippen LogP contribution in [0.25, 0.3) is 0 Å². The van der Waals surface area contributed by atoms with Gasteiger partial charge in [0, 0.05) is 45.1 Å². The highest BCUT2D eigenvalue weighted by atomic mass is 16.6. The molecule has 1 N–H and O–H groups in total. The fourth-order valence-corrected chi connectivity index (χ4v) is 3.98. The largest absolute Gasteiger partial charge is 0.443 e. The Labute approximate surface area is 210 Å². The van der Waals surface area contributed by atoms with E-state index in [-0.39, 0.29) is 24.6 Å². The molecule has 2 aromatic rings. The summed E-state index contributed by atoms with van der Waals surface area (Å²) in [6, 6.07) is 9.45. The summed E-state index contributed by atoms with van der Waals surface area (Å²) in [5.41, 5.74) is 1.85. The highest BCUT2D eigenvalue weighted by Gasteiger charge is 2.40. The highest BCUT2D eigenvalue weighted by Crippen LogP contribution is 2.28. The number of benzene rings is 1. The molecule has 1 aromatic heterocycles. The lowest BCUT2D eigenvalue weighted by Gasteiger charge is -2.37. The Hall–Kier alpha value is -3.93. The van der Waals surface area contributed by atoms with Crippen molar-refractivity contribution in [3.8, 4) is 6.07 Å². The van der Waals surface area contributed by atoms with Gasteiger partial charge in [0.1, 0.15) is 23.3 Å². The van der Waals surface area contributed by atoms with Crippen molar-refractivity contribution in [1.82, 2.24) is 19.8 Å². The van der Waals surface area contributed by atoms with E-state index >= 15 is 0 Å². The molecule has 1 saturated heterocycles. The number of carbonyl (C=O) groups excluding carboxylic acids is 3. The average Bonchev–Trinajstić information content (AvgIpc) is 3.29. The molecule has 1 aliphatic rings. The summed E-state index contributed by atoms with van der Waals surface area (Å²) in [6.07, 6.45) is 2.83. The summed E-state index contributed by atoms with van der Waals surface area (Å²) < 4.78 is 12.8. The summed E-state index contributed by atoms with van der Waals surface area (Å²) in [5.74, 6) is 0.962. The van der Waals surface area contributed by atoms with Gasteiger partial charge in [-0.05, 0) is 44.9 Å². The van der Waals surface area contributed by atoms with Crippen molar-refractivity contribution in [1.29, 1.82) is 5.26 Å². The third kappa shape index (κ3) is 6.81. The van der Waals surface area contributed by atoms with Gasteiger partial charge < -0.3 is 19.4 Å². The number of aromatic nitrogens is 2. The van der Waals surface area contributed by atoms with Crippen molar-refractivity contribution < 1.29 is 23.9 Å². The Morgan fingerprint density at radius 3 is 2.58 bits per heavy atom. The van der Waals surface area contributed by atoms with Crippen LogP contribution < -0.4 is 5.32 Å². The van der Waals surface area contributed by atoms with Crippen LogP contribution in [0.15, 0.2) is 42.5 Å². The Kier molecular flexibility index (Phi) is 8.64. The maximum absolute atomic E-state index is 13.0. The Morgan fingerprint density at radius 1 is 1.25 bits per heavy atom. The van der Waals surface area contributed by atoms with Crippen LogP contribution in [0.4, 0.5) is 4.79 Å². The van der Waals surface area contributed by atoms with E-state index in [1.165, 1.54) is 7.11 Å². The zero-order chi connectivity index (χ0) is 26.3. The fraction of sp³-hybridized carbons (Fsp3) is 0.462. The predicted octanol–water partition coefficient (Wildman–Crippen LogP) is 2.45. The van der Waals surface area contributed by atoms with Crippen LogP contribution in [0.1, 0.15) is 44.0 Å². The van der Waals surface area contributed by atoms with Gasteiger partial charge in [-0.15, -0.1) is 0 Å². The second-order valence-electron chi connectivity index (χ2n) is 9.60. The lowest BCUT2D eigenvalue weighted by molar-refractivity contribution is -0.127. The van der Waals surface area contributed by atoms with Crippen LogP contribution in [0.5, 0.6) is 0 Å². The molecule has 3 rings (SSSR count). The number of carbonyl (C=O) groups is 2. The van der Waals surface area contributed by atoms with E-state index in [4.69, 9.17) is 14.7 Å². The number of hydrogen-bond donors (Lipinski definition) is 1. The number of methoxy groups -OCH3 is 1. The van der Waals surface area contributed by atoms with E-state index < -0.39 is 23.7 Å². The zero-order valence-electron chi connectivity index (χ0n) is 21.0. The number of imidazole rings is 1. The molecule has 0 radical (unpaired) electrons. The second-order valence-corrected chi connectivity index (χ2v) is 9.60. The van der Waals surface area contributed by atoms with E-state index in [1.54, 1.807) is 51.4 Å². The first-order chi connectivity index (χ1) is 17.1. The second kappa shape index (κ2) is 11.7. The van der Waals surface area contributed by atoms with Crippen LogP contribution in [0.2, 0.25) is 0 Å². The van der Waals surface area contributed by atoms with Gasteiger partial charge in [0.05, 0.1) is 23.9 Å². The first-order valence-electron chi connectivity index (χ1n) is 11.7. The van der Waals surface area contributed by atoms with Gasteiger partial charge in [-0.25, -0.2) is 14.6 Å². The molecule has 10 nitrogen and oxygen atoms in total. The lowest BCUT2D eigenvalue weighted by Crippen LogP contribution is -2.51. The van der Waals surface area contributed by atoms with Gasteiger partial charge in [0.2, 0.25) is 5.91 Å². The van der Waals surface area contributed by atoms with E-state index in [0.717, 1.165) is 16.2 Å². The standard InChI is InChI=1S/C26H31N5O5/c1-26(2,3)36-25(34)31-15-20(11-23(35-4)22(31)16-32)24(33)29-10-9-21-13-28-17-30(21)14-19-7-5-18(12-27)6-8-19/h5-8,13,17,20,23H,9-11,14-15H2,1-4H3,(H,29,33)/t20-,23-/m0/s1. The van der Waals surface area contributed by atoms with Crippen LogP contribution in [0, 0.1) is 17.2 Å². The molecule has 10 heteroatoms. The summed E-state index contributed by atoms with van der Waals surface area (Å²) in [6.45, 7) is 6.14. The molecular formula is C26H31N5O5. The van der Waals surface area contributed by atoms with E-state index in [1.807, 2.05) is 16.7 Å². The molecule has 0 bridgehead atoms. The first kappa shape index (κ1) is 26.7. The lowest BCUT2D eigenvalue weighted by atomic mass is 9.93. The molecule has 2 heterocycles. The van der Waals surface area contributed by atoms with Gasteiger partial charge in [-0.3, -0.25) is 9.69 Å². The Balaban J connectivity index is 1.60. The van der Waals surface area contributed by atoms with Crippen molar-refractivity contribution in [2.75, 3.05) is 20.2 Å². The average molecular weight is 494 g/mol. The quantitative estimate of drug-likeness (QED) is 0.587. The molecule has 190 valence electrons. The van der Waals surface area contributed by atoms with Crippen LogP contribution in [-0.4, -0.2) is 64.3 Å². The van der Waals surface area contributed by atoms with Crippen molar-refractivity contribution in [3.05, 3.63) is 59.3 Å². The minimum atomic E-state index is -0.760. The monoisotopic (exact) mass is 493 g/mol. The number of ether oxygens (including phenoxy) is 2. The smallest absolute Gasteiger partial charge is 0.415 e. The van der Waals surface area contributed by atoms with Crippen LogP contribution in [0.3, 0.4) is 0 Å². The number of nitrogens with one attached hydrogen (secondary N) is 1. The highest BCUT2D eigenvalue weighted by molar-refractivity contribution is 5.82. The number of hydrogen-bond acceptors (Lipinski definition) is 7. The minimum absolute atomic E-state index is 0.00179. The maximum Gasteiger partial charge on any atom is 0.415 e. The third-order valence-electron chi connectivity index (χ3n) is 5.79. The molecule has 0 saturated carbocycles. The van der Waals surface area contributed by atoms with Gasteiger partial charge in [0.15, 0.2) is 0 Å². The van der Waals surface area contributed by atoms with Crippen molar-refractivity contribution in [2.45, 2.75) is 51.9 Å². The minimum Gasteiger partial charge on any atom is -0.443 e. The van der Waals surface area contributed by atoms with E-state index in [0.29, 0.717) is 25.1 Å². The molecule has 0 unspecified atom stereocenters. The zero-order valence-corrected chi connectivity index (χ0v) is 21.0. The molecule has 0 spiro atoms. The molecule has 2 amide bonds. The SMILES string of the molecule is CO[C@H]1C[C@H](C(=O)NCCc2cncn2Cc2ccc(C#N)cc2)CN(C(=O)OC(C)(C)C)C1=C=O. The summed E-state index contributed by atoms with van der Waals surface area (Å²) in [5, 5.41) is 11.9. The number of piperidine rings is 1. The molecule has 1 aromatic carbocycles. The molecule has 36 heavy (non-hydrogen) atoms. The summed E-state index contributed by atoms with van der Waals surface area (Å²) in [4.78, 5) is 42.6. The number of rotatable bonds is 7. The Bertz CT molecular complexity index is 1170. The summed E-state index contributed by atoms with van der Waals surface area (Å²) in [7, 11) is 1.42. The van der Waals surface area contributed by atoms with E-state index in [9.17, 15) is 14.4 Å². The topological polar surface area (TPSA) is 127 Å². The van der Waals surface area contributed by atoms with Crippen molar-refractivity contribution in [3.63, 3.8) is 0 Å². The number of nitriles is 1. The molecule has 0 aliphatic carbocycles. The first-order valence-corrected chi connectivity index (χ1v) is 11.7. The Morgan fingerprint density at radius 2 is 1.97 bits per heavy atom. The normalized spacial score (nSPS) is 17.8. The van der Waals surface area contributed by atoms with E-state index in [2.05, 4.69) is 16.4 Å². The van der Waals surface area contributed by atoms with Gasteiger partial charge in [-0.1, -0.05) is 12.1 Å². The van der Waals surface area contributed by atoms with Gasteiger partial charge in [0.25, 0.3) is 0 Å².